The maximum atomic E-state index is 9.93. The standard InChI is InChI=1S/C12H8Cl2.C5H8O2/c13-11-8-4-7-10(12(11)14)9-5-2-1-3-6-9;1-3-4-7-5(2)6/h1-8H;3H,1,4H2,2H3. The fourth-order valence-electron chi connectivity index (χ4n) is 1.52. The van der Waals surface area contributed by atoms with Crippen LogP contribution in [0.15, 0.2) is 61.2 Å². The molecule has 0 N–H and O–H groups in total. The molecule has 110 valence electrons. The van der Waals surface area contributed by atoms with Crippen molar-refractivity contribution in [2.45, 2.75) is 6.92 Å². The lowest BCUT2D eigenvalue weighted by molar-refractivity contribution is -0.139. The Kier molecular flexibility index (Phi) is 7.59. The van der Waals surface area contributed by atoms with Crippen LogP contribution in [0.3, 0.4) is 0 Å². The quantitative estimate of drug-likeness (QED) is 0.559. The molecule has 0 atom stereocenters. The third-order valence-electron chi connectivity index (χ3n) is 2.44. The van der Waals surface area contributed by atoms with Crippen LogP contribution in [-0.2, 0) is 9.53 Å². The van der Waals surface area contributed by atoms with E-state index in [1.54, 1.807) is 6.07 Å². The lowest BCUT2D eigenvalue weighted by Gasteiger charge is -2.04. The second-order valence-corrected chi connectivity index (χ2v) is 4.84. The van der Waals surface area contributed by atoms with E-state index in [0.29, 0.717) is 16.7 Å². The van der Waals surface area contributed by atoms with Crippen LogP contribution < -0.4 is 0 Å². The molecule has 0 radical (unpaired) electrons. The Morgan fingerprint density at radius 2 is 1.81 bits per heavy atom. The van der Waals surface area contributed by atoms with E-state index in [4.69, 9.17) is 23.2 Å². The first kappa shape index (κ1) is 17.3. The number of halogens is 2. The van der Waals surface area contributed by atoms with Gasteiger partial charge < -0.3 is 4.74 Å². The number of carbonyl (C=O) groups is 1. The van der Waals surface area contributed by atoms with E-state index in [0.717, 1.165) is 11.1 Å². The third-order valence-corrected chi connectivity index (χ3v) is 3.26. The maximum absolute atomic E-state index is 9.93. The van der Waals surface area contributed by atoms with E-state index in [-0.39, 0.29) is 5.97 Å². The van der Waals surface area contributed by atoms with E-state index < -0.39 is 0 Å². The summed E-state index contributed by atoms with van der Waals surface area (Å²) in [6, 6.07) is 15.6. The molecule has 0 aliphatic rings. The summed E-state index contributed by atoms with van der Waals surface area (Å²) in [4.78, 5) is 9.93. The highest BCUT2D eigenvalue weighted by molar-refractivity contribution is 6.43. The molecule has 0 saturated carbocycles. The van der Waals surface area contributed by atoms with Crippen LogP contribution in [0.4, 0.5) is 0 Å². The van der Waals surface area contributed by atoms with Crippen LogP contribution in [0.2, 0.25) is 10.0 Å². The summed E-state index contributed by atoms with van der Waals surface area (Å²) in [7, 11) is 0. The van der Waals surface area contributed by atoms with Gasteiger partial charge >= 0.3 is 5.97 Å². The molecular formula is C17H16Cl2O2. The van der Waals surface area contributed by atoms with Crippen molar-refractivity contribution in [3.05, 3.63) is 71.2 Å². The van der Waals surface area contributed by atoms with Crippen LogP contribution in [0.1, 0.15) is 6.92 Å². The third kappa shape index (κ3) is 6.03. The van der Waals surface area contributed by atoms with Gasteiger partial charge in [0.25, 0.3) is 0 Å². The molecule has 2 rings (SSSR count). The van der Waals surface area contributed by atoms with Crippen molar-refractivity contribution in [1.29, 1.82) is 0 Å². The molecular weight excluding hydrogens is 307 g/mol. The number of hydrogen-bond donors (Lipinski definition) is 0. The number of hydrogen-bond acceptors (Lipinski definition) is 2. The SMILES string of the molecule is C=CCOC(C)=O.Clc1cccc(-c2ccccc2)c1Cl. The lowest BCUT2D eigenvalue weighted by Crippen LogP contribution is -1.96. The van der Waals surface area contributed by atoms with Gasteiger partial charge in [0, 0.05) is 12.5 Å². The molecule has 0 amide bonds. The zero-order chi connectivity index (χ0) is 15.7. The fraction of sp³-hybridized carbons (Fsp3) is 0.118. The molecule has 0 saturated heterocycles. The Labute approximate surface area is 135 Å². The molecule has 0 spiro atoms. The number of rotatable bonds is 3. The van der Waals surface area contributed by atoms with Crippen LogP contribution in [0, 0.1) is 0 Å². The molecule has 2 aromatic rings. The van der Waals surface area contributed by atoms with Crippen molar-refractivity contribution < 1.29 is 9.53 Å². The van der Waals surface area contributed by atoms with Gasteiger partial charge in [0.2, 0.25) is 0 Å². The number of carbonyl (C=O) groups excluding carboxylic acids is 1. The average Bonchev–Trinajstić information content (AvgIpc) is 2.49. The number of ether oxygens (including phenoxy) is 1. The van der Waals surface area contributed by atoms with Gasteiger partial charge in [0.05, 0.1) is 10.0 Å². The van der Waals surface area contributed by atoms with Crippen LogP contribution in [-0.4, -0.2) is 12.6 Å². The Morgan fingerprint density at radius 1 is 1.14 bits per heavy atom. The minimum Gasteiger partial charge on any atom is -0.462 e. The van der Waals surface area contributed by atoms with Crippen molar-refractivity contribution in [2.75, 3.05) is 6.61 Å². The van der Waals surface area contributed by atoms with Crippen molar-refractivity contribution >= 4 is 29.2 Å². The van der Waals surface area contributed by atoms with Crippen molar-refractivity contribution in [3.63, 3.8) is 0 Å². The van der Waals surface area contributed by atoms with Gasteiger partial charge in [-0.2, -0.15) is 0 Å². The van der Waals surface area contributed by atoms with Crippen LogP contribution in [0.25, 0.3) is 11.1 Å². The topological polar surface area (TPSA) is 26.3 Å². The Bertz CT molecular complexity index is 595. The van der Waals surface area contributed by atoms with Gasteiger partial charge in [-0.15, -0.1) is 0 Å². The first-order valence-electron chi connectivity index (χ1n) is 6.30. The average molecular weight is 323 g/mol. The number of esters is 1. The minimum absolute atomic E-state index is 0.264. The van der Waals surface area contributed by atoms with E-state index in [9.17, 15) is 4.79 Å². The zero-order valence-corrected chi connectivity index (χ0v) is 13.2. The maximum Gasteiger partial charge on any atom is 0.302 e. The molecule has 2 nitrogen and oxygen atoms in total. The second-order valence-electron chi connectivity index (χ2n) is 4.06. The molecule has 4 heteroatoms. The van der Waals surface area contributed by atoms with Gasteiger partial charge in [-0.1, -0.05) is 78.3 Å². The largest absolute Gasteiger partial charge is 0.462 e. The van der Waals surface area contributed by atoms with Gasteiger partial charge in [0.15, 0.2) is 0 Å². The Hall–Kier alpha value is -1.77. The highest BCUT2D eigenvalue weighted by Gasteiger charge is 2.05. The van der Waals surface area contributed by atoms with E-state index in [1.165, 1.54) is 13.0 Å². The minimum atomic E-state index is -0.264. The summed E-state index contributed by atoms with van der Waals surface area (Å²) in [5, 5.41) is 1.20. The summed E-state index contributed by atoms with van der Waals surface area (Å²) >= 11 is 12.0. The first-order valence-corrected chi connectivity index (χ1v) is 7.05. The van der Waals surface area contributed by atoms with E-state index in [2.05, 4.69) is 11.3 Å². The van der Waals surface area contributed by atoms with Crippen molar-refractivity contribution in [1.82, 2.24) is 0 Å². The molecule has 0 aromatic heterocycles. The van der Waals surface area contributed by atoms with Crippen LogP contribution in [0.5, 0.6) is 0 Å². The van der Waals surface area contributed by atoms with Crippen molar-refractivity contribution in [3.8, 4) is 11.1 Å². The predicted molar refractivity (Wildman–Crippen MR) is 88.7 cm³/mol. The van der Waals surface area contributed by atoms with E-state index in [1.807, 2.05) is 42.5 Å². The highest BCUT2D eigenvalue weighted by Crippen LogP contribution is 2.32. The first-order chi connectivity index (χ1) is 10.1. The van der Waals surface area contributed by atoms with Gasteiger partial charge in [-0.05, 0) is 11.6 Å². The fourth-order valence-corrected chi connectivity index (χ4v) is 1.93. The highest BCUT2D eigenvalue weighted by atomic mass is 35.5. The van der Waals surface area contributed by atoms with E-state index >= 15 is 0 Å². The summed E-state index contributed by atoms with van der Waals surface area (Å²) in [6.45, 7) is 5.03. The van der Waals surface area contributed by atoms with Gasteiger partial charge in [0.1, 0.15) is 6.61 Å². The number of benzene rings is 2. The smallest absolute Gasteiger partial charge is 0.302 e. The monoisotopic (exact) mass is 322 g/mol. The molecule has 0 fully saturated rings. The molecule has 0 heterocycles. The molecule has 2 aromatic carbocycles. The summed E-state index contributed by atoms with van der Waals surface area (Å²) < 4.78 is 4.43. The van der Waals surface area contributed by atoms with Gasteiger partial charge in [-0.25, -0.2) is 0 Å². The summed E-state index contributed by atoms with van der Waals surface area (Å²) in [6.07, 6.45) is 1.53. The van der Waals surface area contributed by atoms with Crippen LogP contribution >= 0.6 is 23.2 Å². The summed E-state index contributed by atoms with van der Waals surface area (Å²) in [5.74, 6) is -0.264. The van der Waals surface area contributed by atoms with Crippen molar-refractivity contribution in [2.24, 2.45) is 0 Å². The molecule has 0 bridgehead atoms. The molecule has 0 aliphatic carbocycles. The Balaban J connectivity index is 0.000000270. The van der Waals surface area contributed by atoms with Gasteiger partial charge in [-0.3, -0.25) is 4.79 Å². The second kappa shape index (κ2) is 9.22. The molecule has 21 heavy (non-hydrogen) atoms. The lowest BCUT2D eigenvalue weighted by atomic mass is 10.1. The normalized spacial score (nSPS) is 9.29. The molecule has 0 unspecified atom stereocenters. The Morgan fingerprint density at radius 3 is 2.33 bits per heavy atom. The zero-order valence-electron chi connectivity index (χ0n) is 11.7. The molecule has 0 aliphatic heterocycles. The predicted octanol–water partition coefficient (Wildman–Crippen LogP) is 5.40. The summed E-state index contributed by atoms with van der Waals surface area (Å²) in [5.41, 5.74) is 2.06.